The monoisotopic (exact) mass is 1800 g/mol. The van der Waals surface area contributed by atoms with E-state index >= 15 is 0 Å². The highest BCUT2D eigenvalue weighted by Gasteiger charge is 2.60. The van der Waals surface area contributed by atoms with E-state index in [1.807, 2.05) is 0 Å². The van der Waals surface area contributed by atoms with Gasteiger partial charge in [0.05, 0.1) is 96.3 Å². The van der Waals surface area contributed by atoms with Crippen molar-refractivity contribution in [1.82, 2.24) is 26.0 Å². The summed E-state index contributed by atoms with van der Waals surface area (Å²) in [5, 5.41) is 233. The van der Waals surface area contributed by atoms with E-state index in [4.69, 9.17) is 75.8 Å². The van der Waals surface area contributed by atoms with Gasteiger partial charge in [0.2, 0.25) is 11.8 Å². The Morgan fingerprint density at radius 1 is 0.471 bits per heavy atom. The normalized spacial score (nSPS) is 41.0. The molecule has 21 aliphatic rings. The lowest BCUT2D eigenvalue weighted by molar-refractivity contribution is -0.395. The third-order valence-corrected chi connectivity index (χ3v) is 25.8. The number of carbonyl (C=O) groups excluding carboxylic acids is 4. The zero-order chi connectivity index (χ0) is 86.9. The smallest absolute Gasteiger partial charge is 0.269 e. The van der Waals surface area contributed by atoms with Crippen molar-refractivity contribution in [3.63, 3.8) is 0 Å². The third-order valence-electron chi connectivity index (χ3n) is 21.0. The predicted octanol–water partition coefficient (Wildman–Crippen LogP) is -11.8. The number of ether oxygens (including phenoxy) is 16. The van der Waals surface area contributed by atoms with Gasteiger partial charge in [-0.05, 0) is 27.3 Å². The van der Waals surface area contributed by atoms with E-state index in [1.54, 1.807) is 19.2 Å². The first-order valence-electron chi connectivity index (χ1n) is 39.0. The number of likely N-dealkylation sites (N-methyl/N-ethyl adjacent to an activating group) is 1. The summed E-state index contributed by atoms with van der Waals surface area (Å²) < 4.78 is 108. The minimum atomic E-state index is -4.00. The molecule has 22 rings (SSSR count). The summed E-state index contributed by atoms with van der Waals surface area (Å²) in [7, 11) is -2.58. The van der Waals surface area contributed by atoms with Crippen LogP contribution >= 0.6 is 42.4 Å². The highest BCUT2D eigenvalue weighted by molar-refractivity contribution is 7.99. The molecule has 1 aromatic heterocycles. The number of amides is 2. The van der Waals surface area contributed by atoms with Crippen LogP contribution < -0.4 is 21.0 Å². The SMILES string of the molecule is CCCNC(=O)[C@@H](CSCC1O[C@@H]2O[C@@H]3C(CO)O[C@@H](O[C@@H]4C(CO)O[C@@H](O[C@@H]5C(CSC[C@@H](NC)C(=O)NCCP(=O)(O)NCc6nc(C)cs6)O[C@@H](O[C@@H]6C(CO)O[C@H](O[C@@H]7C(CO)O[C@H](O[C@@H]8C(CO)O[C@@H](O[C@H]1[C@H](O)C2O)C(O)[C@H]8O)C(O)[C@H]7O)C(O)[C@H]6O)C(O)[C@H]5O)C(O)[C@H]4O)C(O)[C@H]3O)CC(=O)CCOCCOCCC(C)=O. The van der Waals surface area contributed by atoms with Gasteiger partial charge in [0.15, 0.2) is 44.0 Å². The second-order valence-corrected chi connectivity index (χ2v) is 35.1. The van der Waals surface area contributed by atoms with Gasteiger partial charge in [0.25, 0.3) is 7.52 Å². The summed E-state index contributed by atoms with van der Waals surface area (Å²) in [4.78, 5) is 66.9. The molecule has 14 bridgehead atoms. The first-order valence-corrected chi connectivity index (χ1v) is 44.0. The van der Waals surface area contributed by atoms with E-state index in [0.29, 0.717) is 11.4 Å². The Labute approximate surface area is 695 Å². The number of nitrogens with zero attached hydrogens (tertiary/aromatic N) is 1. The number of hydrogen-bond acceptors (Lipinski definition) is 45. The van der Waals surface area contributed by atoms with Gasteiger partial charge in [-0.2, -0.15) is 23.5 Å². The Balaban J connectivity index is 0.984. The molecule has 46 nitrogen and oxygen atoms in total. The molecule has 0 radical (unpaired) electrons. The molecule has 0 spiro atoms. The molecule has 21 saturated heterocycles. The molecular weight excluding hydrogens is 1680 g/mol. The van der Waals surface area contributed by atoms with Crippen molar-refractivity contribution in [2.45, 2.75) is 274 Å². The molecule has 38 atom stereocenters. The lowest BCUT2D eigenvalue weighted by atomic mass is 9.95. The molecule has 21 fully saturated rings. The Morgan fingerprint density at radius 2 is 0.798 bits per heavy atom. The second kappa shape index (κ2) is 47.4. The Morgan fingerprint density at radius 3 is 1.12 bits per heavy atom. The molecule has 24 N–H and O–H groups in total. The number of hydrogen-bond donors (Lipinski definition) is 24. The minimum absolute atomic E-state index is 0.0165. The van der Waals surface area contributed by atoms with Crippen LogP contribution in [-0.4, -0.2) is 460 Å². The van der Waals surface area contributed by atoms with Crippen LogP contribution in [0.2, 0.25) is 0 Å². The quantitative estimate of drug-likeness (QED) is 0.0222. The van der Waals surface area contributed by atoms with Crippen LogP contribution in [-0.2, 0) is 106 Å². The molecule has 119 heavy (non-hydrogen) atoms. The summed E-state index contributed by atoms with van der Waals surface area (Å²) >= 11 is 3.14. The number of thiazole rings is 1. The largest absolute Gasteiger partial charge is 0.394 e. The summed E-state index contributed by atoms with van der Waals surface area (Å²) in [6.07, 6.45) is -73.0. The zero-order valence-corrected chi connectivity index (χ0v) is 68.8. The number of rotatable bonds is 35. The molecule has 0 saturated carbocycles. The molecule has 1 aromatic rings. The number of nitrogens with one attached hydrogen (secondary N) is 4. The summed E-state index contributed by atoms with van der Waals surface area (Å²) in [5.74, 6) is -3.77. The van der Waals surface area contributed by atoms with Crippen molar-refractivity contribution in [1.29, 1.82) is 0 Å². The number of carbonyl (C=O) groups is 4. The number of Topliss-reactive ketones (excluding diaryl/α,β-unsaturated/α-hetero) is 2. The van der Waals surface area contributed by atoms with Crippen LogP contribution in [0, 0.1) is 12.8 Å². The van der Waals surface area contributed by atoms with Crippen molar-refractivity contribution in [2.24, 2.45) is 5.92 Å². The predicted molar refractivity (Wildman–Crippen MR) is 401 cm³/mol. The molecular formula is C69H116N5O41PS3. The van der Waals surface area contributed by atoms with E-state index < -0.39 is 285 Å². The van der Waals surface area contributed by atoms with Gasteiger partial charge in [-0.25, -0.2) is 10.1 Å². The lowest BCUT2D eigenvalue weighted by Crippen LogP contribution is -2.68. The minimum Gasteiger partial charge on any atom is -0.394 e. The van der Waals surface area contributed by atoms with Crippen molar-refractivity contribution < 1.29 is 201 Å². The molecule has 21 aliphatic heterocycles. The van der Waals surface area contributed by atoms with Crippen LogP contribution in [0.5, 0.6) is 0 Å². The first kappa shape index (κ1) is 100. The van der Waals surface area contributed by atoms with Crippen molar-refractivity contribution >= 4 is 65.8 Å². The molecule has 2 amide bonds. The lowest BCUT2D eigenvalue weighted by Gasteiger charge is -2.50. The van der Waals surface area contributed by atoms with Crippen molar-refractivity contribution in [3.8, 4) is 0 Å². The molecule has 686 valence electrons. The number of aliphatic hydroxyl groups is 19. The fraction of sp³-hybridized carbons (Fsp3) is 0.899. The average Bonchev–Trinajstić information content (AvgIpc) is 0.894. The van der Waals surface area contributed by atoms with Crippen molar-refractivity contribution in [3.05, 3.63) is 16.1 Å². The zero-order valence-electron chi connectivity index (χ0n) is 65.4. The highest BCUT2D eigenvalue weighted by Crippen LogP contribution is 2.41. The maximum Gasteiger partial charge on any atom is 0.269 e. The summed E-state index contributed by atoms with van der Waals surface area (Å²) in [6.45, 7) is -0.307. The maximum absolute atomic E-state index is 13.7. The Bertz CT molecular complexity index is 3300. The van der Waals surface area contributed by atoms with Gasteiger partial charge in [0, 0.05) is 66.4 Å². The fourth-order valence-electron chi connectivity index (χ4n) is 14.2. The van der Waals surface area contributed by atoms with Gasteiger partial charge in [0.1, 0.15) is 175 Å². The summed E-state index contributed by atoms with van der Waals surface area (Å²) in [5.41, 5.74) is 0.717. The second-order valence-electron chi connectivity index (χ2n) is 29.8. The summed E-state index contributed by atoms with van der Waals surface area (Å²) in [6, 6.07) is -1.07. The van der Waals surface area contributed by atoms with Crippen LogP contribution in [0.4, 0.5) is 0 Å². The fourth-order valence-corrected chi connectivity index (χ4v) is 18.4. The van der Waals surface area contributed by atoms with Gasteiger partial charge in [-0.1, -0.05) is 6.92 Å². The average molecular weight is 1800 g/mol. The van der Waals surface area contributed by atoms with Crippen LogP contribution in [0.3, 0.4) is 0 Å². The number of ketones is 2. The van der Waals surface area contributed by atoms with Crippen LogP contribution in [0.25, 0.3) is 0 Å². The van der Waals surface area contributed by atoms with E-state index in [9.17, 15) is 126 Å². The van der Waals surface area contributed by atoms with Crippen molar-refractivity contribution in [2.75, 3.05) is 109 Å². The topological polar surface area (TPSA) is 699 Å². The Hall–Kier alpha value is -2.68. The maximum atomic E-state index is 13.7. The van der Waals surface area contributed by atoms with Gasteiger partial charge >= 0.3 is 0 Å². The molecule has 15 unspecified atom stereocenters. The number of aliphatic hydroxyl groups excluding tert-OH is 19. The standard InChI is InChI=1S/C69H116N5O41PS3/c1-5-8-71-61(96)29(15-30(81)7-11-101-13-12-100-10-6-28(3)80)23-117-25-37-59-45(87)52(94)68(107-37)112-57-35(20-78)103-65(48(90)41(57)83)111-56-34(19-77)106-67(51(93)44(56)86)115-60-38(26-118-24-31(70-4)62(97)72-9-14-116(98,99)73-16-39-74-27(2)22-119-39)108-69(53(95)46(60)88)113-58-36(21-79)104-64(49(91)42(58)84)109-54-32(17-75)102-63(47(89)40(54)82)110-55-33(18-76)105-66(114-59)50(92)43(55)85/h22,29,31-38,40-60,63-70,75-79,82-95H,5-21,23-26H2,1-4H3,(H,71,96)(H,72,97)(H2,73,98,99)/t29-,31-,32?,33?,34?,35?,36?,37?,38?,40-,41-,42-,43-,44-,45-,46-,47?,48?,49?,50?,51?,52?,53?,54-,55-,56-,57-,58-,59-,60-,63-,64-,65+,66+,67+,68-,69+/m1/s1. The highest BCUT2D eigenvalue weighted by atomic mass is 32.2. The Kier molecular flexibility index (Phi) is 39.9. The van der Waals surface area contributed by atoms with Crippen LogP contribution in [0.15, 0.2) is 5.38 Å². The van der Waals surface area contributed by atoms with Gasteiger partial charge in [-0.3, -0.25) is 23.7 Å². The molecule has 50 heteroatoms. The van der Waals surface area contributed by atoms with Gasteiger partial charge < -0.3 is 194 Å². The number of aryl methyl sites for hydroxylation is 1. The van der Waals surface area contributed by atoms with E-state index in [1.165, 1.54) is 25.3 Å². The van der Waals surface area contributed by atoms with E-state index in [0.717, 1.165) is 29.2 Å². The first-order chi connectivity index (χ1) is 56.7. The molecule has 0 aliphatic carbocycles. The molecule has 22 heterocycles. The molecule has 0 aromatic carbocycles. The number of thioether (sulfide) groups is 2. The van der Waals surface area contributed by atoms with E-state index in [-0.39, 0.29) is 99.9 Å². The van der Waals surface area contributed by atoms with E-state index in [2.05, 4.69) is 26.0 Å². The van der Waals surface area contributed by atoms with Crippen LogP contribution in [0.1, 0.15) is 50.2 Å². The number of aromatic nitrogens is 1. The van der Waals surface area contributed by atoms with Gasteiger partial charge in [-0.15, -0.1) is 11.3 Å². The third kappa shape index (κ3) is 26.1.